The summed E-state index contributed by atoms with van der Waals surface area (Å²) in [7, 11) is -3.75. The van der Waals surface area contributed by atoms with Crippen LogP contribution in [0.4, 0.5) is 11.5 Å². The van der Waals surface area contributed by atoms with E-state index in [0.717, 1.165) is 10.8 Å². The quantitative estimate of drug-likeness (QED) is 0.622. The summed E-state index contributed by atoms with van der Waals surface area (Å²) in [6, 6.07) is 13.4. The summed E-state index contributed by atoms with van der Waals surface area (Å²) in [5.41, 5.74) is 1.15. The molecule has 8 nitrogen and oxygen atoms in total. The van der Waals surface area contributed by atoms with Gasteiger partial charge in [-0.15, -0.1) is 5.10 Å². The molecule has 3 aromatic rings. The number of aromatic nitrogens is 2. The van der Waals surface area contributed by atoms with Crippen LogP contribution < -0.4 is 10.5 Å². The number of hydrogen-bond acceptors (Lipinski definition) is 7. The molecule has 0 radical (unpaired) electrons. The Morgan fingerprint density at radius 3 is 2.37 bits per heavy atom. The first kappa shape index (κ1) is 18.7. The maximum absolute atomic E-state index is 11.8. The minimum Gasteiger partial charge on any atom is -0.466 e. The number of fused-ring (bicyclic) bond motifs is 1. The monoisotopic (exact) mass is 386 g/mol. The number of sulfonamides is 1. The number of benzene rings is 2. The summed E-state index contributed by atoms with van der Waals surface area (Å²) in [4.78, 5) is 11.8. The molecule has 0 saturated heterocycles. The lowest BCUT2D eigenvalue weighted by atomic mass is 10.1. The molecule has 3 N–H and O–H groups in total. The number of carbonyl (C=O) groups is 1. The van der Waals surface area contributed by atoms with Crippen molar-refractivity contribution >= 4 is 38.3 Å². The summed E-state index contributed by atoms with van der Waals surface area (Å²) < 4.78 is 27.7. The number of primary sulfonamides is 1. The van der Waals surface area contributed by atoms with Gasteiger partial charge in [-0.05, 0) is 31.2 Å². The molecule has 27 heavy (non-hydrogen) atoms. The van der Waals surface area contributed by atoms with Crippen molar-refractivity contribution in [3.05, 3.63) is 54.2 Å². The van der Waals surface area contributed by atoms with Crippen LogP contribution in [0.25, 0.3) is 10.8 Å². The lowest BCUT2D eigenvalue weighted by molar-refractivity contribution is -0.142. The van der Waals surface area contributed by atoms with Gasteiger partial charge in [-0.1, -0.05) is 24.3 Å². The molecule has 1 heterocycles. The number of anilines is 2. The molecule has 3 rings (SSSR count). The largest absolute Gasteiger partial charge is 0.466 e. The lowest BCUT2D eigenvalue weighted by Crippen LogP contribution is -2.12. The van der Waals surface area contributed by atoms with Crippen molar-refractivity contribution in [2.75, 3.05) is 11.9 Å². The van der Waals surface area contributed by atoms with Crippen molar-refractivity contribution in [1.29, 1.82) is 0 Å². The Balaban J connectivity index is 1.93. The van der Waals surface area contributed by atoms with Crippen molar-refractivity contribution in [3.8, 4) is 0 Å². The number of ether oxygens (including phenoxy) is 1. The summed E-state index contributed by atoms with van der Waals surface area (Å²) in [5.74, 6) is 0.123. The van der Waals surface area contributed by atoms with Crippen LogP contribution in [0.1, 0.15) is 12.6 Å². The number of carbonyl (C=O) groups excluding carboxylic acids is 1. The second-order valence-corrected chi connectivity index (χ2v) is 7.28. The van der Waals surface area contributed by atoms with E-state index in [0.29, 0.717) is 23.8 Å². The second kappa shape index (κ2) is 7.68. The highest BCUT2D eigenvalue weighted by atomic mass is 32.2. The van der Waals surface area contributed by atoms with Crippen molar-refractivity contribution in [2.45, 2.75) is 18.2 Å². The van der Waals surface area contributed by atoms with E-state index >= 15 is 0 Å². The van der Waals surface area contributed by atoms with Crippen molar-refractivity contribution in [2.24, 2.45) is 5.14 Å². The van der Waals surface area contributed by atoms with Crippen LogP contribution in [0.15, 0.2) is 53.4 Å². The van der Waals surface area contributed by atoms with Gasteiger partial charge in [0.05, 0.1) is 23.6 Å². The number of esters is 1. The van der Waals surface area contributed by atoms with Gasteiger partial charge in [0.2, 0.25) is 10.0 Å². The standard InChI is InChI=1S/C18H18N4O4S/c1-2-26-17(23)11-16-14-5-3-4-6-15(14)18(22-21-16)20-12-7-9-13(10-8-12)27(19,24)25/h3-10H,2,11H2,1H3,(H,20,22)(H2,19,24,25). The molecular formula is C18H18N4O4S. The van der Waals surface area contributed by atoms with Gasteiger partial charge in [-0.2, -0.15) is 5.10 Å². The number of nitrogens with zero attached hydrogens (tertiary/aromatic N) is 2. The molecule has 140 valence electrons. The Morgan fingerprint density at radius 2 is 1.74 bits per heavy atom. The third-order valence-electron chi connectivity index (χ3n) is 3.83. The molecule has 0 aliphatic carbocycles. The van der Waals surface area contributed by atoms with Crippen LogP contribution in [0.5, 0.6) is 0 Å². The molecule has 0 unspecified atom stereocenters. The second-order valence-electron chi connectivity index (χ2n) is 5.72. The zero-order valence-electron chi connectivity index (χ0n) is 14.5. The molecule has 0 spiro atoms. The minimum atomic E-state index is -3.75. The van der Waals surface area contributed by atoms with E-state index in [4.69, 9.17) is 9.88 Å². The van der Waals surface area contributed by atoms with Gasteiger partial charge >= 0.3 is 5.97 Å². The van der Waals surface area contributed by atoms with Gasteiger partial charge in [0.25, 0.3) is 0 Å². The normalized spacial score (nSPS) is 11.3. The molecule has 0 aliphatic rings. The Morgan fingerprint density at radius 1 is 1.07 bits per heavy atom. The smallest absolute Gasteiger partial charge is 0.311 e. The molecule has 0 atom stereocenters. The SMILES string of the molecule is CCOC(=O)Cc1nnc(Nc2ccc(S(N)(=O)=O)cc2)c2ccccc12. The minimum absolute atomic E-state index is 0.0220. The molecular weight excluding hydrogens is 368 g/mol. The average molecular weight is 386 g/mol. The summed E-state index contributed by atoms with van der Waals surface area (Å²) >= 11 is 0. The van der Waals surface area contributed by atoms with Gasteiger partial charge in [-0.25, -0.2) is 13.6 Å². The molecule has 1 aromatic heterocycles. The highest BCUT2D eigenvalue weighted by Gasteiger charge is 2.13. The summed E-state index contributed by atoms with van der Waals surface area (Å²) in [6.45, 7) is 2.05. The van der Waals surface area contributed by atoms with Crippen LogP contribution in [0.3, 0.4) is 0 Å². The van der Waals surface area contributed by atoms with Crippen molar-refractivity contribution in [3.63, 3.8) is 0 Å². The van der Waals surface area contributed by atoms with E-state index in [2.05, 4.69) is 15.5 Å². The number of rotatable bonds is 6. The fourth-order valence-corrected chi connectivity index (χ4v) is 3.11. The Bertz CT molecular complexity index is 1080. The van der Waals surface area contributed by atoms with E-state index in [9.17, 15) is 13.2 Å². The third-order valence-corrected chi connectivity index (χ3v) is 4.76. The van der Waals surface area contributed by atoms with E-state index in [-0.39, 0.29) is 17.3 Å². The van der Waals surface area contributed by atoms with Crippen LogP contribution in [-0.2, 0) is 26.0 Å². The van der Waals surface area contributed by atoms with E-state index in [1.165, 1.54) is 12.1 Å². The first-order valence-electron chi connectivity index (χ1n) is 8.18. The fourth-order valence-electron chi connectivity index (χ4n) is 2.60. The van der Waals surface area contributed by atoms with Gasteiger partial charge in [0, 0.05) is 16.5 Å². The van der Waals surface area contributed by atoms with Crippen LogP contribution in [0.2, 0.25) is 0 Å². The van der Waals surface area contributed by atoms with E-state index in [1.54, 1.807) is 19.1 Å². The summed E-state index contributed by atoms with van der Waals surface area (Å²) in [5, 5.41) is 18.1. The van der Waals surface area contributed by atoms with Gasteiger partial charge in [0.1, 0.15) is 0 Å². The predicted molar refractivity (Wildman–Crippen MR) is 101 cm³/mol. The highest BCUT2D eigenvalue weighted by Crippen LogP contribution is 2.26. The predicted octanol–water partition coefficient (Wildman–Crippen LogP) is 2.13. The van der Waals surface area contributed by atoms with Gasteiger partial charge in [0.15, 0.2) is 5.82 Å². The number of nitrogens with one attached hydrogen (secondary N) is 1. The molecule has 9 heteroatoms. The molecule has 0 bridgehead atoms. The average Bonchev–Trinajstić information content (AvgIpc) is 2.64. The molecule has 2 aromatic carbocycles. The van der Waals surface area contributed by atoms with Crippen LogP contribution in [-0.4, -0.2) is 31.2 Å². The maximum Gasteiger partial charge on any atom is 0.311 e. The van der Waals surface area contributed by atoms with Crippen LogP contribution >= 0.6 is 0 Å². The molecule has 0 saturated carbocycles. The zero-order chi connectivity index (χ0) is 19.4. The Kier molecular flexibility index (Phi) is 5.33. The lowest BCUT2D eigenvalue weighted by Gasteiger charge is -2.11. The van der Waals surface area contributed by atoms with Gasteiger partial charge < -0.3 is 10.1 Å². The van der Waals surface area contributed by atoms with Crippen molar-refractivity contribution < 1.29 is 17.9 Å². The molecule has 0 aliphatic heterocycles. The first-order chi connectivity index (χ1) is 12.9. The number of hydrogen-bond donors (Lipinski definition) is 2. The zero-order valence-corrected chi connectivity index (χ0v) is 15.4. The molecule has 0 amide bonds. The van der Waals surface area contributed by atoms with E-state index in [1.807, 2.05) is 24.3 Å². The highest BCUT2D eigenvalue weighted by molar-refractivity contribution is 7.89. The number of nitrogens with two attached hydrogens (primary N) is 1. The maximum atomic E-state index is 11.8. The van der Waals surface area contributed by atoms with Gasteiger partial charge in [-0.3, -0.25) is 4.79 Å². The van der Waals surface area contributed by atoms with E-state index < -0.39 is 10.0 Å². The molecule has 0 fully saturated rings. The summed E-state index contributed by atoms with van der Waals surface area (Å²) in [6.07, 6.45) is 0.0324. The van der Waals surface area contributed by atoms with Crippen molar-refractivity contribution in [1.82, 2.24) is 10.2 Å². The Labute approximate surface area is 156 Å². The topological polar surface area (TPSA) is 124 Å². The third kappa shape index (κ3) is 4.39. The van der Waals surface area contributed by atoms with Crippen LogP contribution in [0, 0.1) is 0 Å². The fraction of sp³-hybridized carbons (Fsp3) is 0.167. The first-order valence-corrected chi connectivity index (χ1v) is 9.73. The Hall–Kier alpha value is -3.04.